The molecule has 0 amide bonds. The van der Waals surface area contributed by atoms with Crippen LogP contribution >= 0.6 is 0 Å². The van der Waals surface area contributed by atoms with Gasteiger partial charge in [0.05, 0.1) is 40.6 Å². The predicted molar refractivity (Wildman–Crippen MR) is 250 cm³/mol. The van der Waals surface area contributed by atoms with Gasteiger partial charge in [-0.05, 0) is 77.8 Å². The summed E-state index contributed by atoms with van der Waals surface area (Å²) in [6.07, 6.45) is 15.0. The smallest absolute Gasteiger partial charge is 0.306 e. The van der Waals surface area contributed by atoms with Crippen LogP contribution in [-0.2, 0) is 38.1 Å². The third-order valence-electron chi connectivity index (χ3n) is 10.9. The lowest BCUT2D eigenvalue weighted by molar-refractivity contribution is -0.142. The molecule has 0 radical (unpaired) electrons. The summed E-state index contributed by atoms with van der Waals surface area (Å²) in [4.78, 5) is 60.5. The van der Waals surface area contributed by atoms with Crippen LogP contribution in [0.15, 0.2) is 0 Å². The van der Waals surface area contributed by atoms with Crippen molar-refractivity contribution in [2.24, 2.45) is 0 Å². The second-order valence-electron chi connectivity index (χ2n) is 16.1. The monoisotopic (exact) mass is 873 g/mol. The zero-order chi connectivity index (χ0) is 45.9. The molecule has 0 aromatic rings. The molecule has 0 aliphatic rings. The topological polar surface area (TPSA) is 125 Å². The van der Waals surface area contributed by atoms with Crippen LogP contribution in [0.3, 0.4) is 0 Å². The fourth-order valence-electron chi connectivity index (χ4n) is 6.74. The molecule has 0 saturated heterocycles. The summed E-state index contributed by atoms with van der Waals surface area (Å²) in [5.41, 5.74) is 0. The van der Waals surface area contributed by atoms with Crippen molar-refractivity contribution in [1.29, 1.82) is 0 Å². The van der Waals surface area contributed by atoms with Gasteiger partial charge < -0.3 is 43.4 Å². The van der Waals surface area contributed by atoms with Crippen LogP contribution in [0.25, 0.3) is 0 Å². The number of hydrogen-bond acceptors (Lipinski definition) is 14. The van der Waals surface area contributed by atoms with Gasteiger partial charge in [0.1, 0.15) is 6.61 Å². The quantitative estimate of drug-likeness (QED) is 0.0494. The van der Waals surface area contributed by atoms with Gasteiger partial charge in [-0.25, -0.2) is 0 Å². The summed E-state index contributed by atoms with van der Waals surface area (Å²) in [6, 6.07) is 0. The lowest BCUT2D eigenvalue weighted by Gasteiger charge is -2.30. The van der Waals surface area contributed by atoms with E-state index in [9.17, 15) is 19.2 Å². The normalized spacial score (nSPS) is 11.5. The minimum absolute atomic E-state index is 0.222. The van der Waals surface area contributed by atoms with E-state index in [1.165, 1.54) is 151 Å². The van der Waals surface area contributed by atoms with Gasteiger partial charge in [-0.1, -0.05) is 73.6 Å². The van der Waals surface area contributed by atoms with E-state index in [-0.39, 0.29) is 43.1 Å². The Labute approximate surface area is 374 Å². The average molecular weight is 873 g/mol. The molecule has 0 saturated carbocycles. The second-order valence-corrected chi connectivity index (χ2v) is 16.1. The van der Waals surface area contributed by atoms with Crippen LogP contribution in [0, 0.1) is 0 Å². The Morgan fingerprint density at radius 2 is 0.574 bits per heavy atom. The Bertz CT molecular complexity index is 981. The minimum atomic E-state index is -0.311. The molecule has 0 aliphatic heterocycles. The maximum atomic E-state index is 11.7. The molecule has 0 aromatic heterocycles. The molecule has 0 bridgehead atoms. The Hall–Kier alpha value is -2.36. The minimum Gasteiger partial charge on any atom is -0.469 e. The third kappa shape index (κ3) is 39.0. The van der Waals surface area contributed by atoms with Gasteiger partial charge in [-0.2, -0.15) is 0 Å². The molecule has 0 aliphatic carbocycles. The van der Waals surface area contributed by atoms with Gasteiger partial charge >= 0.3 is 23.9 Å². The Balaban J connectivity index is 0. The third-order valence-corrected chi connectivity index (χ3v) is 10.9. The Morgan fingerprint density at radius 3 is 0.820 bits per heavy atom. The van der Waals surface area contributed by atoms with Crippen LogP contribution in [0.4, 0.5) is 0 Å². The summed E-state index contributed by atoms with van der Waals surface area (Å²) in [6.45, 7) is 32.5. The molecule has 61 heavy (non-hydrogen) atoms. The van der Waals surface area contributed by atoms with Crippen molar-refractivity contribution in [3.05, 3.63) is 0 Å². The fraction of sp³-hybridized carbons (Fsp3) is 0.915. The van der Waals surface area contributed by atoms with Gasteiger partial charge in [0.2, 0.25) is 0 Å². The van der Waals surface area contributed by atoms with E-state index in [2.05, 4.69) is 66.0 Å². The highest BCUT2D eigenvalue weighted by Gasteiger charge is 2.17. The highest BCUT2D eigenvalue weighted by molar-refractivity contribution is 5.70. The molecule has 0 atom stereocenters. The van der Waals surface area contributed by atoms with Gasteiger partial charge in [0.25, 0.3) is 0 Å². The standard InChI is InChI=1S/C24H53N3.C23H43N3O8/c1-6-11-16-25(17-12-7-2)21-23-27(20-15-10-5)24-22-26(18-13-8-3)19-14-9-4;1-6-10-24(18-19-34-20(2)27)14-16-26(13-9-23(30)33-5)17-15-25(11-7-21(28)31-3)12-8-22(29)32-4/h6-24H2,1-5H3;6-19H2,1-5H3. The molecule has 0 rings (SSSR count). The first-order chi connectivity index (χ1) is 29.5. The lowest BCUT2D eigenvalue weighted by atomic mass is 10.2. The first-order valence-corrected chi connectivity index (χ1v) is 24.1. The molecule has 362 valence electrons. The van der Waals surface area contributed by atoms with E-state index >= 15 is 0 Å². The predicted octanol–water partition coefficient (Wildman–Crippen LogP) is 6.45. The molecule has 0 N–H and O–H groups in total. The fourth-order valence-corrected chi connectivity index (χ4v) is 6.74. The molecule has 0 heterocycles. The molecular weight excluding hydrogens is 777 g/mol. The van der Waals surface area contributed by atoms with E-state index in [1.807, 2.05) is 4.90 Å². The molecular formula is C47H96N6O8. The summed E-state index contributed by atoms with van der Waals surface area (Å²) in [7, 11) is 4.06. The largest absolute Gasteiger partial charge is 0.469 e. The second kappa shape index (κ2) is 44.3. The van der Waals surface area contributed by atoms with Crippen molar-refractivity contribution in [3.8, 4) is 0 Å². The molecule has 0 spiro atoms. The number of ether oxygens (including phenoxy) is 4. The highest BCUT2D eigenvalue weighted by Crippen LogP contribution is 2.06. The first-order valence-electron chi connectivity index (χ1n) is 24.1. The SMILES string of the molecule is CCCCN(CCCC)CCN(CCCC)CCN(CCCC)CCCC.CCCN(CCOC(C)=O)CCN(CCC(=O)OC)CCN(CCC(=O)OC)CCC(=O)OC. The molecule has 14 heteroatoms. The Kier molecular flexibility index (Phi) is 44.1. The van der Waals surface area contributed by atoms with E-state index in [0.717, 1.165) is 19.5 Å². The van der Waals surface area contributed by atoms with Crippen molar-refractivity contribution in [2.45, 2.75) is 138 Å². The number of rotatable bonds is 41. The Morgan fingerprint density at radius 1 is 0.328 bits per heavy atom. The van der Waals surface area contributed by atoms with Crippen molar-refractivity contribution in [2.75, 3.05) is 146 Å². The maximum absolute atomic E-state index is 11.7. The number of carbonyl (C=O) groups is 4. The van der Waals surface area contributed by atoms with Gasteiger partial charge in [-0.15, -0.1) is 0 Å². The van der Waals surface area contributed by atoms with Crippen LogP contribution in [0.1, 0.15) is 138 Å². The van der Waals surface area contributed by atoms with Crippen LogP contribution in [0.2, 0.25) is 0 Å². The number of hydrogen-bond donors (Lipinski definition) is 0. The van der Waals surface area contributed by atoms with Crippen molar-refractivity contribution in [3.63, 3.8) is 0 Å². The zero-order valence-corrected chi connectivity index (χ0v) is 41.3. The van der Waals surface area contributed by atoms with Gasteiger partial charge in [0.15, 0.2) is 0 Å². The molecule has 14 nitrogen and oxygen atoms in total. The lowest BCUT2D eigenvalue weighted by Crippen LogP contribution is -2.42. The van der Waals surface area contributed by atoms with E-state index in [0.29, 0.717) is 52.4 Å². The average Bonchev–Trinajstić information content (AvgIpc) is 3.26. The first kappa shape index (κ1) is 60.7. The van der Waals surface area contributed by atoms with Crippen molar-refractivity contribution >= 4 is 23.9 Å². The molecule has 0 aromatic carbocycles. The van der Waals surface area contributed by atoms with Crippen molar-refractivity contribution < 1.29 is 38.1 Å². The summed E-state index contributed by atoms with van der Waals surface area (Å²) in [5.74, 6) is -1.20. The van der Waals surface area contributed by atoms with E-state index in [4.69, 9.17) is 18.9 Å². The maximum Gasteiger partial charge on any atom is 0.306 e. The summed E-state index contributed by atoms with van der Waals surface area (Å²) >= 11 is 0. The number of carbonyl (C=O) groups excluding carboxylic acids is 4. The number of methoxy groups -OCH3 is 3. The van der Waals surface area contributed by atoms with Gasteiger partial charge in [-0.3, -0.25) is 24.1 Å². The van der Waals surface area contributed by atoms with Crippen molar-refractivity contribution in [1.82, 2.24) is 29.4 Å². The molecule has 0 unspecified atom stereocenters. The highest BCUT2D eigenvalue weighted by atomic mass is 16.5. The zero-order valence-electron chi connectivity index (χ0n) is 41.3. The number of unbranched alkanes of at least 4 members (excludes halogenated alkanes) is 5. The van der Waals surface area contributed by atoms with Crippen LogP contribution < -0.4 is 0 Å². The number of esters is 4. The van der Waals surface area contributed by atoms with Crippen LogP contribution in [-0.4, -0.2) is 199 Å². The molecule has 0 fully saturated rings. The summed E-state index contributed by atoms with van der Waals surface area (Å²) < 4.78 is 19.3. The van der Waals surface area contributed by atoms with Gasteiger partial charge in [0, 0.05) is 85.5 Å². The van der Waals surface area contributed by atoms with Crippen LogP contribution in [0.5, 0.6) is 0 Å². The van der Waals surface area contributed by atoms with E-state index in [1.54, 1.807) is 0 Å². The number of nitrogens with zero attached hydrogens (tertiary/aromatic N) is 6. The van der Waals surface area contributed by atoms with E-state index < -0.39 is 0 Å². The summed E-state index contributed by atoms with van der Waals surface area (Å²) in [5, 5.41) is 0.